The molecule has 0 saturated carbocycles. The van der Waals surface area contributed by atoms with Gasteiger partial charge in [-0.3, -0.25) is 0 Å². The highest BCUT2D eigenvalue weighted by molar-refractivity contribution is 9.10. The highest BCUT2D eigenvalue weighted by Crippen LogP contribution is 2.36. The number of anilines is 2. The fourth-order valence-electron chi connectivity index (χ4n) is 4.20. The van der Waals surface area contributed by atoms with Crippen LogP contribution in [0.4, 0.5) is 15.3 Å². The Kier molecular flexibility index (Phi) is 5.40. The third-order valence-electron chi connectivity index (χ3n) is 5.63. The zero-order chi connectivity index (χ0) is 18.1. The van der Waals surface area contributed by atoms with E-state index in [-0.39, 0.29) is 5.82 Å². The van der Waals surface area contributed by atoms with Crippen molar-refractivity contribution < 1.29 is 4.39 Å². The monoisotopic (exact) mass is 439 g/mol. The lowest BCUT2D eigenvalue weighted by Crippen LogP contribution is -2.41. The Morgan fingerprint density at radius 2 is 1.65 bits per heavy atom. The van der Waals surface area contributed by atoms with Gasteiger partial charge in [-0.05, 0) is 60.4 Å². The van der Waals surface area contributed by atoms with Gasteiger partial charge in [-0.2, -0.15) is 0 Å². The largest absolute Gasteiger partial charge is 0.354 e. The van der Waals surface area contributed by atoms with Crippen molar-refractivity contribution in [1.29, 1.82) is 0 Å². The molecule has 2 aliphatic rings. The van der Waals surface area contributed by atoms with Crippen molar-refractivity contribution in [2.24, 2.45) is 11.8 Å². The molecule has 2 saturated heterocycles. The molecule has 5 nitrogen and oxygen atoms in total. The number of nitrogens with zero attached hydrogens (tertiary/aromatic N) is 5. The minimum Gasteiger partial charge on any atom is -0.354 e. The van der Waals surface area contributed by atoms with Crippen molar-refractivity contribution in [3.8, 4) is 0 Å². The summed E-state index contributed by atoms with van der Waals surface area (Å²) >= 11 is 5.15. The smallest absolute Gasteiger partial charge is 0.186 e. The second-order valence-electron chi connectivity index (χ2n) is 7.19. The highest BCUT2D eigenvalue weighted by Gasteiger charge is 2.31. The van der Waals surface area contributed by atoms with Crippen molar-refractivity contribution in [2.75, 3.05) is 36.0 Å². The third kappa shape index (κ3) is 3.86. The molecule has 26 heavy (non-hydrogen) atoms. The van der Waals surface area contributed by atoms with Gasteiger partial charge in [-0.25, -0.2) is 19.3 Å². The molecule has 2 aromatic heterocycles. The Morgan fingerprint density at radius 1 is 1.04 bits per heavy atom. The first kappa shape index (κ1) is 18.1. The summed E-state index contributed by atoms with van der Waals surface area (Å²) in [5, 5.41) is 3.17. The van der Waals surface area contributed by atoms with Gasteiger partial charge in [0.1, 0.15) is 10.4 Å². The van der Waals surface area contributed by atoms with Crippen molar-refractivity contribution in [1.82, 2.24) is 15.0 Å². The number of aromatic nitrogens is 3. The molecule has 140 valence electrons. The first-order chi connectivity index (χ1) is 12.6. The van der Waals surface area contributed by atoms with Gasteiger partial charge in [0, 0.05) is 31.6 Å². The van der Waals surface area contributed by atoms with Crippen LogP contribution in [0.3, 0.4) is 0 Å². The Balaban J connectivity index is 1.31. The van der Waals surface area contributed by atoms with E-state index in [0.717, 1.165) is 60.6 Å². The molecule has 0 aliphatic carbocycles. The molecule has 0 bridgehead atoms. The maximum atomic E-state index is 14.0. The molecule has 2 aliphatic heterocycles. The average Bonchev–Trinajstić information content (AvgIpc) is 3.10. The van der Waals surface area contributed by atoms with Crippen molar-refractivity contribution in [2.45, 2.75) is 32.6 Å². The van der Waals surface area contributed by atoms with E-state index in [1.807, 2.05) is 12.3 Å². The molecule has 0 spiro atoms. The molecule has 0 N–H and O–H groups in total. The first-order valence-electron chi connectivity index (χ1n) is 9.20. The van der Waals surface area contributed by atoms with Gasteiger partial charge >= 0.3 is 0 Å². The summed E-state index contributed by atoms with van der Waals surface area (Å²) in [4.78, 5) is 17.3. The molecule has 0 radical (unpaired) electrons. The molecule has 0 aromatic carbocycles. The number of rotatable bonds is 3. The van der Waals surface area contributed by atoms with Crippen LogP contribution >= 0.6 is 27.3 Å². The number of piperidine rings is 2. The van der Waals surface area contributed by atoms with Gasteiger partial charge in [0.05, 0.1) is 6.20 Å². The van der Waals surface area contributed by atoms with Crippen LogP contribution in [-0.4, -0.2) is 41.1 Å². The Morgan fingerprint density at radius 3 is 2.23 bits per heavy atom. The van der Waals surface area contributed by atoms with Crippen molar-refractivity contribution in [3.63, 3.8) is 0 Å². The minimum absolute atomic E-state index is 0.308. The molecular formula is C18H23BrFN5S. The maximum Gasteiger partial charge on any atom is 0.186 e. The van der Waals surface area contributed by atoms with Gasteiger partial charge in [-0.1, -0.05) is 0 Å². The van der Waals surface area contributed by atoms with Gasteiger partial charge in [0.25, 0.3) is 0 Å². The molecule has 8 heteroatoms. The summed E-state index contributed by atoms with van der Waals surface area (Å²) in [5.74, 6) is 2.30. The van der Waals surface area contributed by atoms with E-state index in [1.54, 1.807) is 11.3 Å². The number of thiazole rings is 1. The van der Waals surface area contributed by atoms with Crippen molar-refractivity contribution in [3.05, 3.63) is 27.8 Å². The zero-order valence-corrected chi connectivity index (χ0v) is 17.3. The quantitative estimate of drug-likeness (QED) is 0.713. The standard InChI is InChI=1S/C18H23BrFN5S/c1-12-21-10-15(20)17(22-12)24-6-2-13(3-7-24)14-4-8-25(9-5-14)18-23-16(19)11-26-18/h10-11,13-14H,2-9H2,1H3. The zero-order valence-electron chi connectivity index (χ0n) is 14.9. The van der Waals surface area contributed by atoms with E-state index in [9.17, 15) is 4.39 Å². The van der Waals surface area contributed by atoms with Crippen LogP contribution in [0.1, 0.15) is 31.5 Å². The minimum atomic E-state index is -0.308. The molecule has 0 atom stereocenters. The topological polar surface area (TPSA) is 45.2 Å². The van der Waals surface area contributed by atoms with E-state index in [2.05, 4.69) is 40.7 Å². The second kappa shape index (κ2) is 7.76. The normalized spacial score (nSPS) is 20.0. The van der Waals surface area contributed by atoms with Crippen LogP contribution in [0.5, 0.6) is 0 Å². The van der Waals surface area contributed by atoms with Crippen molar-refractivity contribution >= 4 is 38.2 Å². The lowest BCUT2D eigenvalue weighted by atomic mass is 9.79. The maximum absolute atomic E-state index is 14.0. The Hall–Kier alpha value is -1.28. The van der Waals surface area contributed by atoms with Crippen LogP contribution in [0.25, 0.3) is 0 Å². The molecule has 4 heterocycles. The van der Waals surface area contributed by atoms with E-state index in [4.69, 9.17) is 0 Å². The molecule has 2 aromatic rings. The molecule has 4 rings (SSSR count). The molecular weight excluding hydrogens is 417 g/mol. The van der Waals surface area contributed by atoms with E-state index in [1.165, 1.54) is 19.0 Å². The van der Waals surface area contributed by atoms with E-state index in [0.29, 0.717) is 11.6 Å². The summed E-state index contributed by atoms with van der Waals surface area (Å²) in [6.07, 6.45) is 5.98. The van der Waals surface area contributed by atoms with E-state index < -0.39 is 0 Å². The summed E-state index contributed by atoms with van der Waals surface area (Å²) in [5.41, 5.74) is 0. The molecule has 0 amide bonds. The van der Waals surface area contributed by atoms with Gasteiger partial charge in [0.2, 0.25) is 0 Å². The number of halogens is 2. The molecule has 2 fully saturated rings. The van der Waals surface area contributed by atoms with Gasteiger partial charge < -0.3 is 9.80 Å². The first-order valence-corrected chi connectivity index (χ1v) is 10.9. The SMILES string of the molecule is Cc1ncc(F)c(N2CCC(C3CCN(c4nc(Br)cs4)CC3)CC2)n1. The number of hydrogen-bond acceptors (Lipinski definition) is 6. The fourth-order valence-corrected chi connectivity index (χ4v) is 5.50. The van der Waals surface area contributed by atoms with Gasteiger partial charge in [0.15, 0.2) is 16.8 Å². The second-order valence-corrected chi connectivity index (χ2v) is 8.84. The summed E-state index contributed by atoms with van der Waals surface area (Å²) < 4.78 is 15.0. The van der Waals surface area contributed by atoms with Gasteiger partial charge in [-0.15, -0.1) is 11.3 Å². The van der Waals surface area contributed by atoms with Crippen LogP contribution in [-0.2, 0) is 0 Å². The Bertz CT molecular complexity index is 754. The summed E-state index contributed by atoms with van der Waals surface area (Å²) in [6.45, 7) is 5.76. The van der Waals surface area contributed by atoms with Crippen LogP contribution in [0, 0.1) is 24.6 Å². The summed E-state index contributed by atoms with van der Waals surface area (Å²) in [7, 11) is 0. The van der Waals surface area contributed by atoms with Crippen LogP contribution in [0.15, 0.2) is 16.2 Å². The highest BCUT2D eigenvalue weighted by atomic mass is 79.9. The predicted molar refractivity (Wildman–Crippen MR) is 106 cm³/mol. The van der Waals surface area contributed by atoms with Crippen LogP contribution < -0.4 is 9.80 Å². The fraction of sp³-hybridized carbons (Fsp3) is 0.611. The Labute approximate surface area is 165 Å². The van der Waals surface area contributed by atoms with Crippen LogP contribution in [0.2, 0.25) is 0 Å². The molecule has 0 unspecified atom stereocenters. The lowest BCUT2D eigenvalue weighted by molar-refractivity contribution is 0.232. The number of hydrogen-bond donors (Lipinski definition) is 0. The third-order valence-corrected chi connectivity index (χ3v) is 7.24. The average molecular weight is 440 g/mol. The number of aryl methyl sites for hydroxylation is 1. The lowest BCUT2D eigenvalue weighted by Gasteiger charge is -2.40. The predicted octanol–water partition coefficient (Wildman–Crippen LogP) is 4.28. The summed E-state index contributed by atoms with van der Waals surface area (Å²) in [6, 6.07) is 0. The van der Waals surface area contributed by atoms with E-state index >= 15 is 0 Å².